The van der Waals surface area contributed by atoms with Crippen LogP contribution in [0.5, 0.6) is 0 Å². The quantitative estimate of drug-likeness (QED) is 0.776. The summed E-state index contributed by atoms with van der Waals surface area (Å²) in [5.41, 5.74) is 10.7. The molecular weight excluding hydrogens is 392 g/mol. The number of nitrogens with one attached hydrogen (secondary N) is 1. The zero-order chi connectivity index (χ0) is 22.3. The number of ether oxygens (including phenoxy) is 1. The predicted molar refractivity (Wildman–Crippen MR) is 120 cm³/mol. The van der Waals surface area contributed by atoms with E-state index >= 15 is 0 Å². The minimum absolute atomic E-state index is 0.0192. The summed E-state index contributed by atoms with van der Waals surface area (Å²) >= 11 is 0. The Morgan fingerprint density at radius 2 is 1.90 bits per heavy atom. The van der Waals surface area contributed by atoms with E-state index in [4.69, 9.17) is 10.5 Å². The van der Waals surface area contributed by atoms with Gasteiger partial charge in [-0.2, -0.15) is 0 Å². The summed E-state index contributed by atoms with van der Waals surface area (Å²) < 4.78 is 7.14. The molecule has 7 heteroatoms. The molecule has 1 atom stereocenters. The first-order valence-electron chi connectivity index (χ1n) is 10.5. The van der Waals surface area contributed by atoms with E-state index in [1.54, 1.807) is 11.1 Å². The predicted octanol–water partition coefficient (Wildman–Crippen LogP) is 1.16. The molecular formula is C24H29N4O3+. The van der Waals surface area contributed by atoms with E-state index < -0.39 is 5.91 Å². The SMILES string of the molecule is CC([NH+]=C1C(C(N)=O)=Cn2cc(-c3ccc(N4CCOCC4=O)cc3)cc21)C(C)(C)C. The molecule has 1 aromatic heterocycles. The van der Waals surface area contributed by atoms with Gasteiger partial charge in [-0.25, -0.2) is 4.99 Å². The van der Waals surface area contributed by atoms with Gasteiger partial charge in [-0.15, -0.1) is 0 Å². The third-order valence-corrected chi connectivity index (χ3v) is 6.07. The Morgan fingerprint density at radius 3 is 2.52 bits per heavy atom. The Balaban J connectivity index is 1.66. The van der Waals surface area contributed by atoms with Crippen LogP contribution < -0.4 is 15.6 Å². The van der Waals surface area contributed by atoms with Crippen molar-refractivity contribution in [1.82, 2.24) is 4.57 Å². The summed E-state index contributed by atoms with van der Waals surface area (Å²) in [4.78, 5) is 29.3. The molecule has 0 aliphatic carbocycles. The second kappa shape index (κ2) is 7.81. The van der Waals surface area contributed by atoms with Gasteiger partial charge in [0.1, 0.15) is 17.9 Å². The number of rotatable bonds is 4. The van der Waals surface area contributed by atoms with Crippen LogP contribution in [0.2, 0.25) is 0 Å². The highest BCUT2D eigenvalue weighted by molar-refractivity contribution is 6.29. The van der Waals surface area contributed by atoms with Gasteiger partial charge in [0.15, 0.2) is 6.04 Å². The highest BCUT2D eigenvalue weighted by atomic mass is 16.5. The molecule has 2 aliphatic rings. The summed E-state index contributed by atoms with van der Waals surface area (Å²) in [6.45, 7) is 9.80. The lowest BCUT2D eigenvalue weighted by atomic mass is 9.88. The van der Waals surface area contributed by atoms with Gasteiger partial charge in [0, 0.05) is 35.6 Å². The number of primary amides is 1. The van der Waals surface area contributed by atoms with Crippen molar-refractivity contribution < 1.29 is 19.3 Å². The zero-order valence-electron chi connectivity index (χ0n) is 18.4. The molecule has 0 saturated carbocycles. The van der Waals surface area contributed by atoms with Gasteiger partial charge in [-0.05, 0) is 30.7 Å². The molecule has 2 amide bonds. The van der Waals surface area contributed by atoms with E-state index in [0.717, 1.165) is 28.2 Å². The molecule has 2 aromatic rings. The van der Waals surface area contributed by atoms with Crippen LogP contribution in [0.15, 0.2) is 42.1 Å². The van der Waals surface area contributed by atoms with Gasteiger partial charge in [0.05, 0.1) is 6.61 Å². The molecule has 7 nitrogen and oxygen atoms in total. The summed E-state index contributed by atoms with van der Waals surface area (Å²) in [5.74, 6) is -0.474. The largest absolute Gasteiger partial charge is 0.370 e. The molecule has 0 bridgehead atoms. The number of carbonyl (C=O) groups excluding carboxylic acids is 2. The fourth-order valence-corrected chi connectivity index (χ4v) is 3.68. The molecule has 0 spiro atoms. The standard InChI is InChI=1S/C24H28N4O3/c1-15(24(2,3)4)26-22-19(23(25)30)13-27-12-17(11-20(22)27)16-5-7-18(8-6-16)28-9-10-31-14-21(28)29/h5-8,11-13,15H,9-10,14H2,1-4H3,(H2,25,30)/p+1. The second-order valence-electron chi connectivity index (χ2n) is 9.18. The lowest BCUT2D eigenvalue weighted by Crippen LogP contribution is -2.82. The summed E-state index contributed by atoms with van der Waals surface area (Å²) in [7, 11) is 0. The van der Waals surface area contributed by atoms with Crippen molar-refractivity contribution in [3.63, 3.8) is 0 Å². The number of hydrogen-bond acceptors (Lipinski definition) is 3. The fraction of sp³-hybridized carbons (Fsp3) is 0.375. The highest BCUT2D eigenvalue weighted by Gasteiger charge is 2.34. The van der Waals surface area contributed by atoms with Gasteiger partial charge in [-0.1, -0.05) is 32.9 Å². The van der Waals surface area contributed by atoms with Crippen LogP contribution in [-0.4, -0.2) is 47.9 Å². The van der Waals surface area contributed by atoms with Crippen LogP contribution in [0.25, 0.3) is 17.3 Å². The number of aromatic nitrogens is 1. The van der Waals surface area contributed by atoms with E-state index in [-0.39, 0.29) is 24.0 Å². The van der Waals surface area contributed by atoms with Crippen LogP contribution in [0.1, 0.15) is 33.4 Å². The molecule has 162 valence electrons. The Morgan fingerprint density at radius 1 is 1.19 bits per heavy atom. The third-order valence-electron chi connectivity index (χ3n) is 6.07. The first-order valence-corrected chi connectivity index (χ1v) is 10.5. The first-order chi connectivity index (χ1) is 14.6. The molecule has 2 aliphatic heterocycles. The molecule has 4 rings (SSSR count). The summed E-state index contributed by atoms with van der Waals surface area (Å²) in [5, 5.41) is 0. The number of hydrogen-bond donors (Lipinski definition) is 2. The van der Waals surface area contributed by atoms with Crippen molar-refractivity contribution >= 4 is 29.4 Å². The number of anilines is 1. The zero-order valence-corrected chi connectivity index (χ0v) is 18.4. The Kier molecular flexibility index (Phi) is 5.31. The van der Waals surface area contributed by atoms with E-state index in [2.05, 4.69) is 38.8 Å². The van der Waals surface area contributed by atoms with Crippen LogP contribution in [0.3, 0.4) is 0 Å². The number of morpholine rings is 1. The van der Waals surface area contributed by atoms with Gasteiger partial charge >= 0.3 is 0 Å². The average Bonchev–Trinajstić information content (AvgIpc) is 3.27. The number of benzene rings is 1. The van der Waals surface area contributed by atoms with Crippen molar-refractivity contribution in [1.29, 1.82) is 0 Å². The number of nitrogens with two attached hydrogens (primary N) is 1. The molecule has 1 fully saturated rings. The highest BCUT2D eigenvalue weighted by Crippen LogP contribution is 2.29. The van der Waals surface area contributed by atoms with E-state index in [1.807, 2.05) is 35.0 Å². The molecule has 1 aromatic carbocycles. The van der Waals surface area contributed by atoms with E-state index in [9.17, 15) is 9.59 Å². The van der Waals surface area contributed by atoms with Crippen molar-refractivity contribution in [3.05, 3.63) is 47.8 Å². The molecule has 31 heavy (non-hydrogen) atoms. The second-order valence-corrected chi connectivity index (χ2v) is 9.18. The number of fused-ring (bicyclic) bond motifs is 1. The van der Waals surface area contributed by atoms with Gasteiger partial charge in [-0.3, -0.25) is 9.59 Å². The summed E-state index contributed by atoms with van der Waals surface area (Å²) in [6, 6.07) is 10.1. The molecule has 1 unspecified atom stereocenters. The van der Waals surface area contributed by atoms with Crippen LogP contribution in [-0.2, 0) is 14.3 Å². The number of nitrogens with zero attached hydrogens (tertiary/aromatic N) is 2. The minimum Gasteiger partial charge on any atom is -0.370 e. The normalized spacial score (nSPS) is 18.8. The fourth-order valence-electron chi connectivity index (χ4n) is 3.68. The Hall–Kier alpha value is -3.19. The summed E-state index contributed by atoms with van der Waals surface area (Å²) in [6.07, 6.45) is 3.77. The maximum atomic E-state index is 12.1. The lowest BCUT2D eigenvalue weighted by Gasteiger charge is -2.26. The minimum atomic E-state index is -0.451. The average molecular weight is 422 g/mol. The number of amides is 2. The van der Waals surface area contributed by atoms with Gasteiger partial charge in [0.2, 0.25) is 5.71 Å². The van der Waals surface area contributed by atoms with Crippen LogP contribution in [0.4, 0.5) is 5.69 Å². The van der Waals surface area contributed by atoms with Crippen LogP contribution in [0, 0.1) is 5.41 Å². The maximum Gasteiger partial charge on any atom is 0.257 e. The lowest BCUT2D eigenvalue weighted by molar-refractivity contribution is -0.516. The van der Waals surface area contributed by atoms with Gasteiger partial charge < -0.3 is 19.9 Å². The molecule has 1 saturated heterocycles. The third kappa shape index (κ3) is 4.05. The Labute approximate surface area is 182 Å². The first kappa shape index (κ1) is 21.1. The molecule has 3 heterocycles. The molecule has 3 N–H and O–H groups in total. The maximum absolute atomic E-state index is 12.1. The van der Waals surface area contributed by atoms with Crippen molar-refractivity contribution in [3.8, 4) is 11.1 Å². The van der Waals surface area contributed by atoms with Crippen molar-refractivity contribution in [2.75, 3.05) is 24.7 Å². The van der Waals surface area contributed by atoms with Crippen molar-refractivity contribution in [2.45, 2.75) is 33.7 Å². The Bertz CT molecular complexity index is 1090. The number of carbonyl (C=O) groups is 2. The van der Waals surface area contributed by atoms with E-state index in [1.165, 1.54) is 0 Å². The monoisotopic (exact) mass is 421 g/mol. The van der Waals surface area contributed by atoms with E-state index in [0.29, 0.717) is 18.7 Å². The van der Waals surface area contributed by atoms with Crippen molar-refractivity contribution in [2.24, 2.45) is 11.1 Å². The molecule has 0 radical (unpaired) electrons. The van der Waals surface area contributed by atoms with Crippen LogP contribution >= 0.6 is 0 Å². The van der Waals surface area contributed by atoms with Gasteiger partial charge in [0.25, 0.3) is 11.8 Å². The smallest absolute Gasteiger partial charge is 0.257 e. The topological polar surface area (TPSA) is 91.5 Å².